The summed E-state index contributed by atoms with van der Waals surface area (Å²) >= 11 is 1.11. The van der Waals surface area contributed by atoms with Gasteiger partial charge in [0.25, 0.3) is 5.91 Å². The first kappa shape index (κ1) is 15.1. The Morgan fingerprint density at radius 3 is 2.71 bits per heavy atom. The molecule has 7 heteroatoms. The number of carbonyl (C=O) groups excluding carboxylic acids is 2. The van der Waals surface area contributed by atoms with E-state index >= 15 is 0 Å². The highest BCUT2D eigenvalue weighted by atomic mass is 32.2. The van der Waals surface area contributed by atoms with Gasteiger partial charge in [0.05, 0.1) is 19.1 Å². The van der Waals surface area contributed by atoms with Gasteiger partial charge in [-0.2, -0.15) is 4.99 Å². The van der Waals surface area contributed by atoms with Crippen LogP contribution >= 0.6 is 11.8 Å². The molecule has 0 fully saturated rings. The lowest BCUT2D eigenvalue weighted by atomic mass is 10.1. The Hall–Kier alpha value is -2.28. The first-order valence-corrected chi connectivity index (χ1v) is 6.87. The van der Waals surface area contributed by atoms with E-state index in [1.807, 2.05) is 0 Å². The van der Waals surface area contributed by atoms with Gasteiger partial charge in [-0.05, 0) is 30.0 Å². The van der Waals surface area contributed by atoms with Crippen molar-refractivity contribution in [3.8, 4) is 11.5 Å². The molecule has 0 aliphatic carbocycles. The highest BCUT2D eigenvalue weighted by Gasteiger charge is 2.23. The smallest absolute Gasteiger partial charge is 0.286 e. The molecule has 6 nitrogen and oxygen atoms in total. The Balaban J connectivity index is 2.25. The quantitative estimate of drug-likeness (QED) is 0.862. The second-order valence-corrected chi connectivity index (χ2v) is 5.15. The summed E-state index contributed by atoms with van der Waals surface area (Å²) in [6.45, 7) is 1.36. The molecule has 0 atom stereocenters. The summed E-state index contributed by atoms with van der Waals surface area (Å²) in [6, 6.07) is 5.29. The Labute approximate surface area is 126 Å². The van der Waals surface area contributed by atoms with Gasteiger partial charge in [-0.25, -0.2) is 0 Å². The maximum atomic E-state index is 11.8. The fourth-order valence-corrected chi connectivity index (χ4v) is 2.54. The lowest BCUT2D eigenvalue weighted by molar-refractivity contribution is -0.117. The van der Waals surface area contributed by atoms with Gasteiger partial charge in [-0.1, -0.05) is 0 Å². The van der Waals surface area contributed by atoms with Crippen molar-refractivity contribution in [1.82, 2.24) is 5.32 Å². The van der Waals surface area contributed by atoms with E-state index in [1.54, 1.807) is 38.5 Å². The second kappa shape index (κ2) is 6.45. The number of rotatable bonds is 3. The van der Waals surface area contributed by atoms with Crippen molar-refractivity contribution in [2.75, 3.05) is 14.2 Å². The summed E-state index contributed by atoms with van der Waals surface area (Å²) in [5.41, 5.74) is 0.730. The lowest BCUT2D eigenvalue weighted by Crippen LogP contribution is -2.23. The zero-order valence-electron chi connectivity index (χ0n) is 11.8. The van der Waals surface area contributed by atoms with Gasteiger partial charge in [0.15, 0.2) is 5.17 Å². The van der Waals surface area contributed by atoms with Gasteiger partial charge in [0, 0.05) is 18.6 Å². The molecular weight excluding hydrogens is 292 g/mol. The Kier molecular flexibility index (Phi) is 4.64. The van der Waals surface area contributed by atoms with Crippen molar-refractivity contribution in [3.63, 3.8) is 0 Å². The molecule has 0 spiro atoms. The maximum absolute atomic E-state index is 11.8. The number of nitrogens with one attached hydrogen (secondary N) is 1. The average Bonchev–Trinajstić information content (AvgIpc) is 2.78. The SMILES string of the molecule is COc1ccc(C=C2SC(NC(C)=O)=NC2=O)c(OC)c1. The first-order valence-electron chi connectivity index (χ1n) is 6.05. The zero-order chi connectivity index (χ0) is 15.4. The zero-order valence-corrected chi connectivity index (χ0v) is 12.6. The number of hydrogen-bond acceptors (Lipinski definition) is 5. The standard InChI is InChI=1S/C14H14N2O4S/c1-8(17)15-14-16-13(18)12(21-14)6-9-4-5-10(19-2)7-11(9)20-3/h4-7H,1-3H3,(H,15,16,17,18). The number of thioether (sulfide) groups is 1. The van der Waals surface area contributed by atoms with E-state index in [2.05, 4.69) is 10.3 Å². The molecule has 1 aliphatic rings. The molecule has 0 radical (unpaired) electrons. The van der Waals surface area contributed by atoms with Crippen molar-refractivity contribution in [2.45, 2.75) is 6.92 Å². The van der Waals surface area contributed by atoms with Gasteiger partial charge in [-0.15, -0.1) is 0 Å². The van der Waals surface area contributed by atoms with E-state index in [0.717, 1.165) is 17.3 Å². The van der Waals surface area contributed by atoms with Crippen LogP contribution in [0.1, 0.15) is 12.5 Å². The minimum atomic E-state index is -0.387. The van der Waals surface area contributed by atoms with Crippen LogP contribution in [0.5, 0.6) is 11.5 Å². The van der Waals surface area contributed by atoms with Crippen LogP contribution in [0, 0.1) is 0 Å². The van der Waals surface area contributed by atoms with Crippen molar-refractivity contribution in [1.29, 1.82) is 0 Å². The van der Waals surface area contributed by atoms with Gasteiger partial charge in [0.2, 0.25) is 5.91 Å². The summed E-state index contributed by atoms with van der Waals surface area (Å²) in [4.78, 5) is 27.0. The van der Waals surface area contributed by atoms with E-state index < -0.39 is 0 Å². The summed E-state index contributed by atoms with van der Waals surface area (Å²) in [6.07, 6.45) is 1.67. The van der Waals surface area contributed by atoms with Gasteiger partial charge >= 0.3 is 0 Å². The highest BCUT2D eigenvalue weighted by molar-refractivity contribution is 8.18. The third-order valence-electron chi connectivity index (χ3n) is 2.63. The van der Waals surface area contributed by atoms with Crippen LogP contribution in [0.15, 0.2) is 28.1 Å². The highest BCUT2D eigenvalue weighted by Crippen LogP contribution is 2.32. The van der Waals surface area contributed by atoms with E-state index in [9.17, 15) is 9.59 Å². The topological polar surface area (TPSA) is 77.0 Å². The molecule has 1 heterocycles. The molecule has 1 aromatic rings. The largest absolute Gasteiger partial charge is 0.497 e. The number of benzene rings is 1. The Morgan fingerprint density at radius 2 is 2.10 bits per heavy atom. The second-order valence-electron chi connectivity index (χ2n) is 4.12. The van der Waals surface area contributed by atoms with Gasteiger partial charge < -0.3 is 14.8 Å². The van der Waals surface area contributed by atoms with E-state index in [1.165, 1.54) is 6.92 Å². The number of amides is 2. The summed E-state index contributed by atoms with van der Waals surface area (Å²) < 4.78 is 10.4. The third kappa shape index (κ3) is 3.63. The molecule has 0 saturated heterocycles. The molecule has 0 bridgehead atoms. The lowest BCUT2D eigenvalue weighted by Gasteiger charge is -2.07. The molecule has 110 valence electrons. The number of hydrogen-bond donors (Lipinski definition) is 1. The van der Waals surface area contributed by atoms with Crippen LogP contribution in [-0.2, 0) is 9.59 Å². The van der Waals surface area contributed by atoms with E-state index in [-0.39, 0.29) is 17.0 Å². The van der Waals surface area contributed by atoms with Gasteiger partial charge in [0.1, 0.15) is 11.5 Å². The number of aliphatic imine (C=N–C) groups is 1. The van der Waals surface area contributed by atoms with Crippen LogP contribution in [0.25, 0.3) is 6.08 Å². The third-order valence-corrected chi connectivity index (χ3v) is 3.53. The fourth-order valence-electron chi connectivity index (χ4n) is 1.69. The average molecular weight is 306 g/mol. The summed E-state index contributed by atoms with van der Waals surface area (Å²) in [5.74, 6) is 0.594. The molecule has 1 aliphatic heterocycles. The molecule has 1 N–H and O–H groups in total. The molecule has 2 rings (SSSR count). The molecule has 0 unspecified atom stereocenters. The summed E-state index contributed by atoms with van der Waals surface area (Å²) in [5, 5.41) is 2.78. The number of ether oxygens (including phenoxy) is 2. The molecule has 0 saturated carbocycles. The molecule has 21 heavy (non-hydrogen) atoms. The van der Waals surface area contributed by atoms with Crippen molar-refractivity contribution in [3.05, 3.63) is 28.7 Å². The number of amidine groups is 1. The van der Waals surface area contributed by atoms with E-state index in [4.69, 9.17) is 9.47 Å². The maximum Gasteiger partial charge on any atom is 0.286 e. The van der Waals surface area contributed by atoms with Crippen LogP contribution in [0.4, 0.5) is 0 Å². The van der Waals surface area contributed by atoms with Crippen molar-refractivity contribution < 1.29 is 19.1 Å². The molecule has 1 aromatic carbocycles. The van der Waals surface area contributed by atoms with Gasteiger partial charge in [-0.3, -0.25) is 9.59 Å². The Bertz CT molecular complexity index is 652. The molecular formula is C14H14N2O4S. The van der Waals surface area contributed by atoms with Crippen LogP contribution in [-0.4, -0.2) is 31.2 Å². The molecule has 2 amide bonds. The van der Waals surface area contributed by atoms with Crippen LogP contribution in [0.2, 0.25) is 0 Å². The first-order chi connectivity index (χ1) is 10.0. The predicted octanol–water partition coefficient (Wildman–Crippen LogP) is 1.81. The monoisotopic (exact) mass is 306 g/mol. The number of nitrogens with zero attached hydrogens (tertiary/aromatic N) is 1. The number of carbonyl (C=O) groups is 2. The fraction of sp³-hybridized carbons (Fsp3) is 0.214. The van der Waals surface area contributed by atoms with E-state index in [0.29, 0.717) is 16.4 Å². The molecule has 0 aromatic heterocycles. The minimum Gasteiger partial charge on any atom is -0.497 e. The van der Waals surface area contributed by atoms with Crippen molar-refractivity contribution in [2.24, 2.45) is 4.99 Å². The van der Waals surface area contributed by atoms with Crippen LogP contribution < -0.4 is 14.8 Å². The Morgan fingerprint density at radius 1 is 1.33 bits per heavy atom. The minimum absolute atomic E-state index is 0.266. The summed E-state index contributed by atoms with van der Waals surface area (Å²) in [7, 11) is 3.11. The normalized spacial score (nSPS) is 15.9. The predicted molar refractivity (Wildman–Crippen MR) is 81.4 cm³/mol. The number of methoxy groups -OCH3 is 2. The van der Waals surface area contributed by atoms with Crippen LogP contribution in [0.3, 0.4) is 0 Å². The van der Waals surface area contributed by atoms with Crippen molar-refractivity contribution >= 4 is 34.8 Å².